The summed E-state index contributed by atoms with van der Waals surface area (Å²) in [4.78, 5) is 17.1. The minimum absolute atomic E-state index is 0.107. The van der Waals surface area contributed by atoms with E-state index in [2.05, 4.69) is 9.62 Å². The van der Waals surface area contributed by atoms with Crippen molar-refractivity contribution in [3.63, 3.8) is 0 Å². The summed E-state index contributed by atoms with van der Waals surface area (Å²) in [6.07, 6.45) is 2.43. The Hall–Kier alpha value is -2.22. The molecular weight excluding hydrogens is 386 g/mol. The van der Waals surface area contributed by atoms with Crippen LogP contribution in [0.25, 0.3) is 0 Å². The van der Waals surface area contributed by atoms with Crippen LogP contribution in [0.3, 0.4) is 0 Å². The summed E-state index contributed by atoms with van der Waals surface area (Å²) in [6, 6.07) is 14.1. The number of likely N-dealkylation sites (N-methyl/N-ethyl adjacent to an activating group) is 1. The van der Waals surface area contributed by atoms with Crippen molar-refractivity contribution in [2.75, 3.05) is 33.2 Å². The zero-order valence-corrected chi connectivity index (χ0v) is 17.9. The lowest BCUT2D eigenvalue weighted by Crippen LogP contribution is -2.35. The third kappa shape index (κ3) is 5.65. The standard InChI is InChI=1S/C22H29N3O3S/c1-18-10-11-20(29(27,28)23-17-19-8-4-3-5-9-19)16-21(18)22(26)24(2)14-15-25-12-6-7-13-25/h3-5,8-11,16,23H,6-7,12-15,17H2,1-2H3. The van der Waals surface area contributed by atoms with Crippen LogP contribution >= 0.6 is 0 Å². The Kier molecular flexibility index (Phi) is 7.05. The Balaban J connectivity index is 1.69. The van der Waals surface area contributed by atoms with Crippen LogP contribution in [0.15, 0.2) is 53.4 Å². The molecule has 0 spiro atoms. The first kappa shape index (κ1) is 21.5. The van der Waals surface area contributed by atoms with Crippen LogP contribution in [0.4, 0.5) is 0 Å². The molecule has 1 aliphatic heterocycles. The van der Waals surface area contributed by atoms with Crippen molar-refractivity contribution in [3.05, 3.63) is 65.2 Å². The van der Waals surface area contributed by atoms with Gasteiger partial charge in [-0.05, 0) is 56.1 Å². The second-order valence-corrected chi connectivity index (χ2v) is 9.33. The number of hydrogen-bond acceptors (Lipinski definition) is 4. The maximum atomic E-state index is 12.9. The highest BCUT2D eigenvalue weighted by Gasteiger charge is 2.21. The summed E-state index contributed by atoms with van der Waals surface area (Å²) in [7, 11) is -1.94. The molecule has 0 atom stereocenters. The van der Waals surface area contributed by atoms with Gasteiger partial charge in [-0.25, -0.2) is 13.1 Å². The van der Waals surface area contributed by atoms with Gasteiger partial charge in [0.15, 0.2) is 0 Å². The van der Waals surface area contributed by atoms with Gasteiger partial charge in [0.25, 0.3) is 5.91 Å². The molecule has 1 heterocycles. The molecular formula is C22H29N3O3S. The van der Waals surface area contributed by atoms with Gasteiger partial charge in [-0.1, -0.05) is 36.4 Å². The Morgan fingerprint density at radius 1 is 1.10 bits per heavy atom. The number of benzene rings is 2. The molecule has 0 bridgehead atoms. The number of sulfonamides is 1. The predicted molar refractivity (Wildman–Crippen MR) is 114 cm³/mol. The number of likely N-dealkylation sites (tertiary alicyclic amines) is 1. The number of carbonyl (C=O) groups excluding carboxylic acids is 1. The smallest absolute Gasteiger partial charge is 0.253 e. The molecule has 0 radical (unpaired) electrons. The minimum Gasteiger partial charge on any atom is -0.340 e. The molecule has 156 valence electrons. The van der Waals surface area contributed by atoms with Crippen molar-refractivity contribution in [1.82, 2.24) is 14.5 Å². The van der Waals surface area contributed by atoms with Crippen LogP contribution in [-0.2, 0) is 16.6 Å². The van der Waals surface area contributed by atoms with Gasteiger partial charge in [-0.2, -0.15) is 0 Å². The van der Waals surface area contributed by atoms with E-state index in [0.29, 0.717) is 12.1 Å². The van der Waals surface area contributed by atoms with Crippen molar-refractivity contribution in [2.24, 2.45) is 0 Å². The lowest BCUT2D eigenvalue weighted by molar-refractivity contribution is 0.0781. The zero-order chi connectivity index (χ0) is 20.9. The summed E-state index contributed by atoms with van der Waals surface area (Å²) in [5.74, 6) is -0.151. The average Bonchev–Trinajstić information content (AvgIpc) is 3.25. The van der Waals surface area contributed by atoms with Crippen LogP contribution in [0.5, 0.6) is 0 Å². The topological polar surface area (TPSA) is 69.7 Å². The fourth-order valence-electron chi connectivity index (χ4n) is 3.46. The average molecular weight is 416 g/mol. The van der Waals surface area contributed by atoms with Gasteiger partial charge < -0.3 is 9.80 Å². The number of hydrogen-bond donors (Lipinski definition) is 1. The lowest BCUT2D eigenvalue weighted by atomic mass is 10.1. The summed E-state index contributed by atoms with van der Waals surface area (Å²) in [6.45, 7) is 5.68. The number of rotatable bonds is 8. The van der Waals surface area contributed by atoms with Crippen molar-refractivity contribution in [3.8, 4) is 0 Å². The molecule has 0 saturated carbocycles. The second kappa shape index (κ2) is 9.52. The van der Waals surface area contributed by atoms with Crippen LogP contribution in [0, 0.1) is 6.92 Å². The van der Waals surface area contributed by atoms with E-state index in [0.717, 1.165) is 30.8 Å². The van der Waals surface area contributed by atoms with Crippen molar-refractivity contribution < 1.29 is 13.2 Å². The van der Waals surface area contributed by atoms with Crippen molar-refractivity contribution >= 4 is 15.9 Å². The predicted octanol–water partition coefficient (Wildman–Crippen LogP) is 2.64. The highest BCUT2D eigenvalue weighted by Crippen LogP contribution is 2.18. The second-order valence-electron chi connectivity index (χ2n) is 7.56. The van der Waals surface area contributed by atoms with Crippen LogP contribution < -0.4 is 4.72 Å². The molecule has 29 heavy (non-hydrogen) atoms. The maximum Gasteiger partial charge on any atom is 0.253 e. The summed E-state index contributed by atoms with van der Waals surface area (Å²) >= 11 is 0. The highest BCUT2D eigenvalue weighted by molar-refractivity contribution is 7.89. The van der Waals surface area contributed by atoms with Gasteiger partial charge in [0, 0.05) is 32.2 Å². The third-order valence-electron chi connectivity index (χ3n) is 5.36. The van der Waals surface area contributed by atoms with Gasteiger partial charge in [0.1, 0.15) is 0 Å². The van der Waals surface area contributed by atoms with E-state index in [1.165, 1.54) is 18.9 Å². The van der Waals surface area contributed by atoms with Crippen molar-refractivity contribution in [1.29, 1.82) is 0 Å². The number of carbonyl (C=O) groups is 1. The normalized spacial score (nSPS) is 14.8. The maximum absolute atomic E-state index is 12.9. The van der Waals surface area contributed by atoms with E-state index in [1.54, 1.807) is 24.1 Å². The number of amides is 1. The molecule has 1 N–H and O–H groups in total. The van der Waals surface area contributed by atoms with Crippen LogP contribution in [0.2, 0.25) is 0 Å². The number of nitrogens with one attached hydrogen (secondary N) is 1. The Labute approximate surface area is 173 Å². The molecule has 1 aliphatic rings. The van der Waals surface area contributed by atoms with Gasteiger partial charge >= 0.3 is 0 Å². The van der Waals surface area contributed by atoms with Crippen LogP contribution in [0.1, 0.15) is 34.3 Å². The lowest BCUT2D eigenvalue weighted by Gasteiger charge is -2.22. The quantitative estimate of drug-likeness (QED) is 0.720. The molecule has 2 aromatic rings. The van der Waals surface area contributed by atoms with Gasteiger partial charge in [-0.15, -0.1) is 0 Å². The molecule has 1 saturated heterocycles. The molecule has 7 heteroatoms. The zero-order valence-electron chi connectivity index (χ0n) is 17.1. The van der Waals surface area contributed by atoms with E-state index in [1.807, 2.05) is 37.3 Å². The van der Waals surface area contributed by atoms with Crippen LogP contribution in [-0.4, -0.2) is 57.4 Å². The minimum atomic E-state index is -3.71. The molecule has 6 nitrogen and oxygen atoms in total. The van der Waals surface area contributed by atoms with Gasteiger partial charge in [0.2, 0.25) is 10.0 Å². The molecule has 3 rings (SSSR count). The van der Waals surface area contributed by atoms with E-state index in [9.17, 15) is 13.2 Å². The van der Waals surface area contributed by atoms with Gasteiger partial charge in [-0.3, -0.25) is 4.79 Å². The Morgan fingerprint density at radius 2 is 1.79 bits per heavy atom. The largest absolute Gasteiger partial charge is 0.340 e. The summed E-state index contributed by atoms with van der Waals surface area (Å²) in [5, 5.41) is 0. The molecule has 1 amide bonds. The molecule has 0 unspecified atom stereocenters. The fourth-order valence-corrected chi connectivity index (χ4v) is 4.50. The highest BCUT2D eigenvalue weighted by atomic mass is 32.2. The first-order valence-electron chi connectivity index (χ1n) is 9.99. The first-order valence-corrected chi connectivity index (χ1v) is 11.5. The molecule has 0 aliphatic carbocycles. The molecule has 0 aromatic heterocycles. The first-order chi connectivity index (χ1) is 13.9. The van der Waals surface area contributed by atoms with E-state index in [-0.39, 0.29) is 17.3 Å². The molecule has 2 aromatic carbocycles. The number of nitrogens with zero attached hydrogens (tertiary/aromatic N) is 2. The SMILES string of the molecule is Cc1ccc(S(=O)(=O)NCc2ccccc2)cc1C(=O)N(C)CCN1CCCC1. The fraction of sp³-hybridized carbons (Fsp3) is 0.409. The van der Waals surface area contributed by atoms with Crippen molar-refractivity contribution in [2.45, 2.75) is 31.2 Å². The monoisotopic (exact) mass is 415 g/mol. The Morgan fingerprint density at radius 3 is 2.48 bits per heavy atom. The summed E-state index contributed by atoms with van der Waals surface area (Å²) in [5.41, 5.74) is 2.07. The van der Waals surface area contributed by atoms with E-state index in [4.69, 9.17) is 0 Å². The van der Waals surface area contributed by atoms with E-state index < -0.39 is 10.0 Å². The summed E-state index contributed by atoms with van der Waals surface area (Å²) < 4.78 is 28.0. The van der Waals surface area contributed by atoms with Gasteiger partial charge in [0.05, 0.1) is 4.90 Å². The van der Waals surface area contributed by atoms with E-state index >= 15 is 0 Å². The third-order valence-corrected chi connectivity index (χ3v) is 6.75. The molecule has 1 fully saturated rings. The number of aryl methyl sites for hydroxylation is 1. The Bertz CT molecular complexity index is 939.